The molecule has 2 amide bonds. The first-order valence-electron chi connectivity index (χ1n) is 5.10. The largest absolute Gasteiger partial charge is 0.483 e. The molecule has 0 unspecified atom stereocenters. The van der Waals surface area contributed by atoms with E-state index in [9.17, 15) is 22.8 Å². The number of benzene rings is 1. The molecule has 7 nitrogen and oxygen atoms in total. The number of halogens is 3. The fraction of sp³-hybridized carbons (Fsp3) is 0.100. The lowest BCUT2D eigenvalue weighted by molar-refractivity contribution is -0.191. The van der Waals surface area contributed by atoms with Gasteiger partial charge >= 0.3 is 12.0 Å². The van der Waals surface area contributed by atoms with Gasteiger partial charge in [-0.15, -0.1) is 0 Å². The van der Waals surface area contributed by atoms with Crippen molar-refractivity contribution < 1.29 is 27.5 Å². The van der Waals surface area contributed by atoms with Crippen molar-refractivity contribution in [3.8, 4) is 5.75 Å². The molecule has 2 rings (SSSR count). The molecule has 10 heteroatoms. The average molecular weight is 288 g/mol. The quantitative estimate of drug-likeness (QED) is 0.331. The summed E-state index contributed by atoms with van der Waals surface area (Å²) in [6, 6.07) is 1.56. The average Bonchev–Trinajstić information content (AvgIpc) is 2.38. The minimum Gasteiger partial charge on any atom is -0.423 e. The number of carbonyl (C=O) groups is 2. The smallest absolute Gasteiger partial charge is 0.423 e. The van der Waals surface area contributed by atoms with Crippen LogP contribution in [0, 0.1) is 11.2 Å². The first-order chi connectivity index (χ1) is 9.40. The third kappa shape index (κ3) is 2.11. The summed E-state index contributed by atoms with van der Waals surface area (Å²) >= 11 is 0. The van der Waals surface area contributed by atoms with E-state index in [-0.39, 0.29) is 17.8 Å². The number of nitrogens with zero attached hydrogens (tertiary/aromatic N) is 1. The highest BCUT2D eigenvalue weighted by atomic mass is 19.3. The van der Waals surface area contributed by atoms with E-state index in [4.69, 9.17) is 5.41 Å². The van der Waals surface area contributed by atoms with Crippen LogP contribution in [0.25, 0.3) is 0 Å². The molecule has 0 saturated carbocycles. The van der Waals surface area contributed by atoms with Gasteiger partial charge in [0.2, 0.25) is 6.41 Å². The molecule has 1 aromatic rings. The zero-order valence-electron chi connectivity index (χ0n) is 9.62. The van der Waals surface area contributed by atoms with Crippen molar-refractivity contribution in [2.75, 3.05) is 10.3 Å². The molecule has 1 aliphatic rings. The van der Waals surface area contributed by atoms with Crippen molar-refractivity contribution in [3.05, 3.63) is 17.9 Å². The summed E-state index contributed by atoms with van der Waals surface area (Å²) in [6.07, 6.45) is -3.61. The second-order valence-electron chi connectivity index (χ2n) is 3.61. The summed E-state index contributed by atoms with van der Waals surface area (Å²) in [5, 5.41) is 7.00. The Morgan fingerprint density at radius 2 is 2.10 bits per heavy atom. The molecule has 3 N–H and O–H groups in total. The maximum absolute atomic E-state index is 13.6. The van der Waals surface area contributed by atoms with Crippen LogP contribution in [0.4, 0.5) is 24.5 Å². The van der Waals surface area contributed by atoms with Gasteiger partial charge in [-0.05, 0) is 6.07 Å². The van der Waals surface area contributed by atoms with Crippen LogP contribution in [0.1, 0.15) is 0 Å². The Morgan fingerprint density at radius 1 is 1.40 bits per heavy atom. The molecule has 0 spiro atoms. The molecule has 0 atom stereocenters. The number of ether oxygens (including phenoxy) is 1. The minimum atomic E-state index is -4.19. The van der Waals surface area contributed by atoms with Crippen LogP contribution in [-0.4, -0.2) is 24.8 Å². The zero-order valence-corrected chi connectivity index (χ0v) is 9.62. The van der Waals surface area contributed by atoms with Crippen LogP contribution in [0.3, 0.4) is 0 Å². The van der Waals surface area contributed by atoms with Crippen LogP contribution in [0.2, 0.25) is 0 Å². The number of alkyl halides is 2. The molecule has 0 aromatic heterocycles. The Balaban J connectivity index is 2.52. The third-order valence-corrected chi connectivity index (χ3v) is 2.41. The monoisotopic (exact) mass is 288 g/mol. The molecule has 1 heterocycles. The highest BCUT2D eigenvalue weighted by Gasteiger charge is 2.50. The second-order valence-corrected chi connectivity index (χ2v) is 3.61. The van der Waals surface area contributed by atoms with E-state index < -0.39 is 23.6 Å². The van der Waals surface area contributed by atoms with E-state index in [1.165, 1.54) is 0 Å². The Kier molecular flexibility index (Phi) is 3.22. The number of hydrazine groups is 1. The third-order valence-electron chi connectivity index (χ3n) is 2.41. The van der Waals surface area contributed by atoms with Gasteiger partial charge in [-0.3, -0.25) is 30.7 Å². The van der Waals surface area contributed by atoms with Gasteiger partial charge in [0.25, 0.3) is 0 Å². The fourth-order valence-electron chi connectivity index (χ4n) is 1.58. The van der Waals surface area contributed by atoms with Crippen molar-refractivity contribution in [1.82, 2.24) is 5.43 Å². The lowest BCUT2D eigenvalue weighted by Crippen LogP contribution is -2.50. The molecule has 0 aliphatic carbocycles. The molecule has 1 aliphatic heterocycles. The lowest BCUT2D eigenvalue weighted by atomic mass is 10.2. The second kappa shape index (κ2) is 4.72. The van der Waals surface area contributed by atoms with Crippen molar-refractivity contribution in [2.24, 2.45) is 0 Å². The number of nitrogens with one attached hydrogen (secondary N) is 3. The van der Waals surface area contributed by atoms with Gasteiger partial charge < -0.3 is 4.74 Å². The highest BCUT2D eigenvalue weighted by molar-refractivity contribution is 6.13. The van der Waals surface area contributed by atoms with Crippen molar-refractivity contribution in [3.63, 3.8) is 0 Å². The van der Waals surface area contributed by atoms with E-state index >= 15 is 0 Å². The van der Waals surface area contributed by atoms with E-state index in [0.29, 0.717) is 17.3 Å². The van der Waals surface area contributed by atoms with Crippen LogP contribution in [0.15, 0.2) is 12.1 Å². The van der Waals surface area contributed by atoms with E-state index in [2.05, 4.69) is 10.2 Å². The molecule has 0 radical (unpaired) electrons. The van der Waals surface area contributed by atoms with Crippen LogP contribution in [-0.2, 0) is 9.59 Å². The number of carbonyl (C=O) groups excluding carboxylic acids is 2. The number of fused-ring (bicyclic) bond motifs is 1. The van der Waals surface area contributed by atoms with Gasteiger partial charge in [0.15, 0.2) is 11.6 Å². The zero-order chi connectivity index (χ0) is 14.9. The summed E-state index contributed by atoms with van der Waals surface area (Å²) in [4.78, 5) is 21.8. The van der Waals surface area contributed by atoms with E-state index in [1.54, 1.807) is 0 Å². The number of hydrogen-bond acceptors (Lipinski definition) is 5. The lowest BCUT2D eigenvalue weighted by Gasteiger charge is -2.31. The fourth-order valence-corrected chi connectivity index (χ4v) is 1.58. The van der Waals surface area contributed by atoms with Gasteiger partial charge in [-0.25, -0.2) is 4.39 Å². The van der Waals surface area contributed by atoms with Gasteiger partial charge in [0.05, 0.1) is 17.7 Å². The van der Waals surface area contributed by atoms with Crippen molar-refractivity contribution in [2.45, 2.75) is 6.11 Å². The molecular formula is C10H7F3N4O3. The molecule has 0 fully saturated rings. The molecule has 1 aromatic carbocycles. The Morgan fingerprint density at radius 3 is 2.70 bits per heavy atom. The number of rotatable bonds is 4. The van der Waals surface area contributed by atoms with Gasteiger partial charge in [0.1, 0.15) is 0 Å². The number of anilines is 2. The normalized spacial score (nSPS) is 15.9. The molecule has 0 saturated heterocycles. The van der Waals surface area contributed by atoms with Gasteiger partial charge in [-0.1, -0.05) is 0 Å². The molecule has 20 heavy (non-hydrogen) atoms. The van der Waals surface area contributed by atoms with Crippen molar-refractivity contribution in [1.29, 1.82) is 5.41 Å². The summed E-state index contributed by atoms with van der Waals surface area (Å²) in [6.45, 7) is 0. The van der Waals surface area contributed by atoms with Crippen LogP contribution in [0.5, 0.6) is 5.75 Å². The number of hydrogen-bond donors (Lipinski definition) is 3. The van der Waals surface area contributed by atoms with Gasteiger partial charge in [-0.2, -0.15) is 8.78 Å². The molecule has 0 bridgehead atoms. The van der Waals surface area contributed by atoms with Crippen LogP contribution >= 0.6 is 0 Å². The van der Waals surface area contributed by atoms with Crippen LogP contribution < -0.4 is 20.5 Å². The first kappa shape index (κ1) is 13.6. The summed E-state index contributed by atoms with van der Waals surface area (Å²) in [5.41, 5.74) is 3.55. The Labute approximate surface area is 109 Å². The SMILES string of the molecule is N=CN1C(=O)C(F)(F)Oc2cc(F)c(NNC=O)cc21. The van der Waals surface area contributed by atoms with E-state index in [1.807, 2.05) is 5.43 Å². The topological polar surface area (TPSA) is 94.5 Å². The molecule has 106 valence electrons. The maximum atomic E-state index is 13.6. The van der Waals surface area contributed by atoms with E-state index in [0.717, 1.165) is 6.07 Å². The first-order valence-corrected chi connectivity index (χ1v) is 5.10. The Bertz CT molecular complexity index is 593. The summed E-state index contributed by atoms with van der Waals surface area (Å²) in [7, 11) is 0. The highest BCUT2D eigenvalue weighted by Crippen LogP contribution is 2.41. The van der Waals surface area contributed by atoms with Crippen molar-refractivity contribution >= 4 is 30.0 Å². The summed E-state index contributed by atoms with van der Waals surface area (Å²) in [5.74, 6) is -3.37. The Hall–Kier alpha value is -2.78. The maximum Gasteiger partial charge on any atom is 0.483 e. The molecular weight excluding hydrogens is 281 g/mol. The number of amides is 2. The van der Waals surface area contributed by atoms with Gasteiger partial charge in [0, 0.05) is 6.07 Å². The standard InChI is InChI=1S/C10H7F3N4O3/c11-5-1-8-7(2-6(5)16-15-4-18)17(3-14)9(19)10(12,13)20-8/h1-4,14,16H,(H,15,18). The predicted octanol–water partition coefficient (Wildman–Crippen LogP) is 0.824. The predicted molar refractivity (Wildman–Crippen MR) is 61.1 cm³/mol. The summed E-state index contributed by atoms with van der Waals surface area (Å²) < 4.78 is 44.2. The minimum absolute atomic E-state index is 0.225.